The summed E-state index contributed by atoms with van der Waals surface area (Å²) in [6.07, 6.45) is 0.374. The van der Waals surface area contributed by atoms with Gasteiger partial charge in [0.15, 0.2) is 0 Å². The molecule has 0 aromatic carbocycles. The van der Waals surface area contributed by atoms with E-state index in [4.69, 9.17) is 4.74 Å². The van der Waals surface area contributed by atoms with Gasteiger partial charge in [-0.3, -0.25) is 0 Å². The number of methoxy groups -OCH3 is 2. The van der Waals surface area contributed by atoms with Gasteiger partial charge in [-0.2, -0.15) is 15.0 Å². The lowest BCUT2D eigenvalue weighted by Crippen LogP contribution is -2.37. The summed E-state index contributed by atoms with van der Waals surface area (Å²) in [4.78, 5) is 25.7. The quantitative estimate of drug-likeness (QED) is 0.786. The molecule has 0 saturated carbocycles. The second kappa shape index (κ2) is 6.22. The molecule has 2 N–H and O–H groups in total. The zero-order valence-electron chi connectivity index (χ0n) is 11.7. The number of alkyl carbamates (subject to hydrolysis) is 1. The average Bonchev–Trinajstić information content (AvgIpc) is 2.94. The van der Waals surface area contributed by atoms with E-state index in [0.29, 0.717) is 18.4 Å². The Morgan fingerprint density at radius 1 is 1.35 bits per heavy atom. The van der Waals surface area contributed by atoms with E-state index >= 15 is 0 Å². The van der Waals surface area contributed by atoms with Crippen molar-refractivity contribution in [2.45, 2.75) is 12.5 Å². The van der Waals surface area contributed by atoms with E-state index in [1.165, 1.54) is 14.2 Å². The molecular formula is C11H18N6O3. The molecule has 1 saturated heterocycles. The Balaban J connectivity index is 2.07. The van der Waals surface area contributed by atoms with E-state index in [1.54, 1.807) is 7.05 Å². The van der Waals surface area contributed by atoms with Crippen LogP contribution in [0.15, 0.2) is 0 Å². The van der Waals surface area contributed by atoms with Gasteiger partial charge in [-0.15, -0.1) is 0 Å². The summed E-state index contributed by atoms with van der Waals surface area (Å²) in [5, 5.41) is 5.62. The first-order chi connectivity index (χ1) is 9.66. The molecule has 9 nitrogen and oxygen atoms in total. The lowest BCUT2D eigenvalue weighted by Gasteiger charge is -2.17. The van der Waals surface area contributed by atoms with Crippen LogP contribution < -0.4 is 20.3 Å². The van der Waals surface area contributed by atoms with Crippen LogP contribution in [0, 0.1) is 0 Å². The monoisotopic (exact) mass is 282 g/mol. The van der Waals surface area contributed by atoms with Crippen molar-refractivity contribution in [2.75, 3.05) is 44.6 Å². The van der Waals surface area contributed by atoms with Gasteiger partial charge >= 0.3 is 12.1 Å². The van der Waals surface area contributed by atoms with Gasteiger partial charge in [-0.05, 0) is 6.42 Å². The van der Waals surface area contributed by atoms with Crippen LogP contribution in [0.4, 0.5) is 16.7 Å². The van der Waals surface area contributed by atoms with Crippen LogP contribution in [-0.4, -0.2) is 61.4 Å². The van der Waals surface area contributed by atoms with Crippen molar-refractivity contribution in [1.82, 2.24) is 20.3 Å². The Morgan fingerprint density at radius 2 is 2.15 bits per heavy atom. The molecule has 20 heavy (non-hydrogen) atoms. The molecule has 9 heteroatoms. The lowest BCUT2D eigenvalue weighted by atomic mass is 10.3. The molecule has 2 rings (SSSR count). The summed E-state index contributed by atoms with van der Waals surface area (Å²) in [5.74, 6) is 0.964. The van der Waals surface area contributed by atoms with Crippen molar-refractivity contribution in [3.8, 4) is 6.01 Å². The highest BCUT2D eigenvalue weighted by atomic mass is 16.5. The Hall–Kier alpha value is -2.32. The van der Waals surface area contributed by atoms with Crippen molar-refractivity contribution in [3.05, 3.63) is 0 Å². The fourth-order valence-electron chi connectivity index (χ4n) is 1.98. The van der Waals surface area contributed by atoms with Crippen LogP contribution in [0.3, 0.4) is 0 Å². The van der Waals surface area contributed by atoms with Gasteiger partial charge in [0.1, 0.15) is 0 Å². The fraction of sp³-hybridized carbons (Fsp3) is 0.636. The van der Waals surface area contributed by atoms with Gasteiger partial charge in [0.2, 0.25) is 11.9 Å². The van der Waals surface area contributed by atoms with Gasteiger partial charge < -0.3 is 25.0 Å². The normalized spacial score (nSPS) is 17.8. The smallest absolute Gasteiger partial charge is 0.407 e. The molecular weight excluding hydrogens is 264 g/mol. The third kappa shape index (κ3) is 3.16. The third-order valence-corrected chi connectivity index (χ3v) is 2.99. The minimum absolute atomic E-state index is 0.0169. The summed E-state index contributed by atoms with van der Waals surface area (Å²) in [7, 11) is 4.58. The second-order valence-corrected chi connectivity index (χ2v) is 4.26. The number of amides is 1. The summed E-state index contributed by atoms with van der Waals surface area (Å²) in [6, 6.07) is 0.270. The maximum absolute atomic E-state index is 11.2. The first-order valence-electron chi connectivity index (χ1n) is 6.23. The van der Waals surface area contributed by atoms with Gasteiger partial charge in [0.05, 0.1) is 20.3 Å². The molecule has 1 aromatic heterocycles. The molecule has 1 aromatic rings. The van der Waals surface area contributed by atoms with E-state index in [-0.39, 0.29) is 12.1 Å². The lowest BCUT2D eigenvalue weighted by molar-refractivity contribution is 0.167. The van der Waals surface area contributed by atoms with Crippen LogP contribution >= 0.6 is 0 Å². The van der Waals surface area contributed by atoms with Crippen molar-refractivity contribution in [1.29, 1.82) is 0 Å². The average molecular weight is 282 g/mol. The van der Waals surface area contributed by atoms with Crippen molar-refractivity contribution in [2.24, 2.45) is 0 Å². The van der Waals surface area contributed by atoms with Crippen molar-refractivity contribution < 1.29 is 14.3 Å². The molecule has 0 radical (unpaired) electrons. The predicted molar refractivity (Wildman–Crippen MR) is 72.1 cm³/mol. The minimum atomic E-state index is -0.430. The van der Waals surface area contributed by atoms with Gasteiger partial charge in [-0.1, -0.05) is 0 Å². The number of anilines is 2. The SMILES string of the molecule is CNc1nc(OC)nc(N2CCC(NC(=O)OC)C2)n1. The molecule has 0 spiro atoms. The van der Waals surface area contributed by atoms with Crippen LogP contribution in [0.1, 0.15) is 6.42 Å². The van der Waals surface area contributed by atoms with Crippen LogP contribution in [0.25, 0.3) is 0 Å². The first kappa shape index (κ1) is 14.1. The molecule has 0 bridgehead atoms. The number of ether oxygens (including phenoxy) is 2. The fourth-order valence-corrected chi connectivity index (χ4v) is 1.98. The van der Waals surface area contributed by atoms with E-state index in [9.17, 15) is 4.79 Å². The molecule has 1 unspecified atom stereocenters. The molecule has 1 fully saturated rings. The van der Waals surface area contributed by atoms with E-state index in [2.05, 4.69) is 30.3 Å². The van der Waals surface area contributed by atoms with Crippen LogP contribution in [-0.2, 0) is 4.74 Å². The Morgan fingerprint density at radius 3 is 2.80 bits per heavy atom. The maximum atomic E-state index is 11.2. The van der Waals surface area contributed by atoms with Gasteiger partial charge in [0.25, 0.3) is 0 Å². The molecule has 1 atom stereocenters. The molecule has 1 aliphatic rings. The van der Waals surface area contributed by atoms with Crippen LogP contribution in [0.5, 0.6) is 6.01 Å². The number of carbonyl (C=O) groups excluding carboxylic acids is 1. The molecule has 1 amide bonds. The van der Waals surface area contributed by atoms with E-state index in [1.807, 2.05) is 4.90 Å². The number of rotatable bonds is 4. The van der Waals surface area contributed by atoms with Crippen LogP contribution in [0.2, 0.25) is 0 Å². The Labute approximate surface area is 116 Å². The molecule has 1 aliphatic heterocycles. The van der Waals surface area contributed by atoms with E-state index in [0.717, 1.165) is 13.0 Å². The Kier molecular flexibility index (Phi) is 4.38. The number of hydrogen-bond donors (Lipinski definition) is 2. The molecule has 110 valence electrons. The topological polar surface area (TPSA) is 102 Å². The highest BCUT2D eigenvalue weighted by Gasteiger charge is 2.26. The maximum Gasteiger partial charge on any atom is 0.407 e. The molecule has 2 heterocycles. The number of nitrogens with zero attached hydrogens (tertiary/aromatic N) is 4. The highest BCUT2D eigenvalue weighted by Crippen LogP contribution is 2.19. The highest BCUT2D eigenvalue weighted by molar-refractivity contribution is 5.67. The first-order valence-corrected chi connectivity index (χ1v) is 6.23. The zero-order chi connectivity index (χ0) is 14.5. The Bertz CT molecular complexity index is 461. The van der Waals surface area contributed by atoms with E-state index < -0.39 is 6.09 Å². The number of aromatic nitrogens is 3. The summed E-state index contributed by atoms with van der Waals surface area (Å²) in [5.41, 5.74) is 0. The summed E-state index contributed by atoms with van der Waals surface area (Å²) >= 11 is 0. The molecule has 0 aliphatic carbocycles. The number of hydrogen-bond acceptors (Lipinski definition) is 8. The second-order valence-electron chi connectivity index (χ2n) is 4.26. The standard InChI is InChI=1S/C11H18N6O3/c1-12-8-14-9(16-10(15-8)19-2)17-5-4-7(6-17)13-11(18)20-3/h7H,4-6H2,1-3H3,(H,13,18)(H,12,14,15,16). The zero-order valence-corrected chi connectivity index (χ0v) is 11.7. The summed E-state index contributed by atoms with van der Waals surface area (Å²) < 4.78 is 9.63. The van der Waals surface area contributed by atoms with Gasteiger partial charge in [0, 0.05) is 20.1 Å². The number of carbonyl (C=O) groups is 1. The van der Waals surface area contributed by atoms with Crippen molar-refractivity contribution in [3.63, 3.8) is 0 Å². The number of nitrogens with one attached hydrogen (secondary N) is 2. The predicted octanol–water partition coefficient (Wildman–Crippen LogP) is -0.143. The summed E-state index contributed by atoms with van der Waals surface area (Å²) in [6.45, 7) is 1.36. The largest absolute Gasteiger partial charge is 0.467 e. The third-order valence-electron chi connectivity index (χ3n) is 2.99. The van der Waals surface area contributed by atoms with Crippen molar-refractivity contribution >= 4 is 18.0 Å². The minimum Gasteiger partial charge on any atom is -0.467 e. The van der Waals surface area contributed by atoms with Gasteiger partial charge in [-0.25, -0.2) is 4.79 Å².